The monoisotopic (exact) mass is 475 g/mol. The second kappa shape index (κ2) is 9.21. The van der Waals surface area contributed by atoms with Gasteiger partial charge in [-0.1, -0.05) is 6.07 Å². The molecule has 1 aliphatic rings. The van der Waals surface area contributed by atoms with E-state index in [1.807, 2.05) is 30.6 Å². The van der Waals surface area contributed by atoms with Gasteiger partial charge in [0.1, 0.15) is 24.0 Å². The Morgan fingerprint density at radius 2 is 1.81 bits per heavy atom. The standard InChI is InChI=1S/C30H29N5O/c1-18-11-26-25(19(2)27(18)15-31)8-10-33-30(26)35-29-14-24(7-9-32-29)36-17-20-3-6-28-22(12-20)13-23(16-34-28)21-4-5-21/h3,6-14,16,21H,4-5,15,17,31H2,1-2H3,(H,32,33,35). The van der Waals surface area contributed by atoms with E-state index < -0.39 is 0 Å². The minimum absolute atomic E-state index is 0.472. The molecule has 180 valence electrons. The SMILES string of the molecule is Cc1cc2c(Nc3cc(OCc4ccc5ncc(C6CC6)cc5c4)ccn3)nccc2c(C)c1CN. The van der Waals surface area contributed by atoms with Gasteiger partial charge in [0.2, 0.25) is 0 Å². The fourth-order valence-electron chi connectivity index (χ4n) is 4.91. The smallest absolute Gasteiger partial charge is 0.139 e. The predicted octanol–water partition coefficient (Wildman–Crippen LogP) is 6.45. The molecule has 0 atom stereocenters. The Morgan fingerprint density at radius 1 is 0.944 bits per heavy atom. The summed E-state index contributed by atoms with van der Waals surface area (Å²) in [5.41, 5.74) is 13.0. The zero-order valence-electron chi connectivity index (χ0n) is 20.6. The highest BCUT2D eigenvalue weighted by molar-refractivity contribution is 5.96. The Hall–Kier alpha value is -4.03. The molecule has 6 nitrogen and oxygen atoms in total. The van der Waals surface area contributed by atoms with Crippen LogP contribution in [0.3, 0.4) is 0 Å². The fourth-order valence-corrected chi connectivity index (χ4v) is 4.91. The topological polar surface area (TPSA) is 86.0 Å². The number of hydrogen-bond donors (Lipinski definition) is 2. The van der Waals surface area contributed by atoms with Gasteiger partial charge in [0, 0.05) is 42.0 Å². The summed E-state index contributed by atoms with van der Waals surface area (Å²) in [6.45, 7) is 5.20. The van der Waals surface area contributed by atoms with E-state index in [9.17, 15) is 0 Å². The van der Waals surface area contributed by atoms with Crippen molar-refractivity contribution in [1.29, 1.82) is 0 Å². The summed E-state index contributed by atoms with van der Waals surface area (Å²) >= 11 is 0. The first-order chi connectivity index (χ1) is 17.6. The molecule has 0 saturated heterocycles. The maximum absolute atomic E-state index is 6.13. The number of nitrogens with two attached hydrogens (primary N) is 1. The Balaban J connectivity index is 1.21. The van der Waals surface area contributed by atoms with Gasteiger partial charge in [-0.15, -0.1) is 0 Å². The summed E-state index contributed by atoms with van der Waals surface area (Å²) in [6.07, 6.45) is 8.13. The van der Waals surface area contributed by atoms with Crippen molar-refractivity contribution in [3.63, 3.8) is 0 Å². The third-order valence-electron chi connectivity index (χ3n) is 7.09. The molecule has 1 saturated carbocycles. The average molecular weight is 476 g/mol. The van der Waals surface area contributed by atoms with Crippen LogP contribution in [0, 0.1) is 13.8 Å². The number of rotatable bonds is 7. The lowest BCUT2D eigenvalue weighted by atomic mass is 9.96. The molecule has 3 heterocycles. The van der Waals surface area contributed by atoms with Crippen molar-refractivity contribution < 1.29 is 4.74 Å². The van der Waals surface area contributed by atoms with Crippen LogP contribution in [0.5, 0.6) is 5.75 Å². The van der Waals surface area contributed by atoms with Crippen LogP contribution in [0.1, 0.15) is 46.6 Å². The van der Waals surface area contributed by atoms with Crippen molar-refractivity contribution in [3.8, 4) is 5.75 Å². The third kappa shape index (κ3) is 4.36. The number of anilines is 2. The molecule has 0 unspecified atom stereocenters. The molecule has 36 heavy (non-hydrogen) atoms. The predicted molar refractivity (Wildman–Crippen MR) is 145 cm³/mol. The number of aryl methyl sites for hydroxylation is 2. The van der Waals surface area contributed by atoms with E-state index in [1.54, 1.807) is 6.20 Å². The van der Waals surface area contributed by atoms with Gasteiger partial charge in [-0.25, -0.2) is 9.97 Å². The van der Waals surface area contributed by atoms with Crippen LogP contribution in [-0.4, -0.2) is 15.0 Å². The Kier molecular flexibility index (Phi) is 5.74. The second-order valence-electron chi connectivity index (χ2n) is 9.62. The minimum atomic E-state index is 0.472. The largest absolute Gasteiger partial charge is 0.489 e. The van der Waals surface area contributed by atoms with E-state index in [2.05, 4.69) is 64.4 Å². The molecule has 1 aliphatic carbocycles. The summed E-state index contributed by atoms with van der Waals surface area (Å²) in [4.78, 5) is 13.7. The number of nitrogens with zero attached hydrogens (tertiary/aromatic N) is 3. The summed E-state index contributed by atoms with van der Waals surface area (Å²) in [6, 6.07) is 16.5. The zero-order valence-corrected chi connectivity index (χ0v) is 20.6. The van der Waals surface area contributed by atoms with Crippen molar-refractivity contribution in [3.05, 3.63) is 94.9 Å². The number of fused-ring (bicyclic) bond motifs is 2. The lowest BCUT2D eigenvalue weighted by Crippen LogP contribution is -2.04. The molecular formula is C30H29N5O. The van der Waals surface area contributed by atoms with Crippen LogP contribution in [-0.2, 0) is 13.2 Å². The van der Waals surface area contributed by atoms with E-state index in [0.29, 0.717) is 24.9 Å². The summed E-state index contributed by atoms with van der Waals surface area (Å²) in [5, 5.41) is 6.74. The molecule has 3 N–H and O–H groups in total. The second-order valence-corrected chi connectivity index (χ2v) is 9.62. The fraction of sp³-hybridized carbons (Fsp3) is 0.233. The molecule has 0 spiro atoms. The van der Waals surface area contributed by atoms with E-state index in [1.165, 1.54) is 40.5 Å². The molecule has 0 aliphatic heterocycles. The van der Waals surface area contributed by atoms with Gasteiger partial charge in [0.05, 0.1) is 5.52 Å². The number of aromatic nitrogens is 3. The van der Waals surface area contributed by atoms with E-state index in [-0.39, 0.29) is 0 Å². The minimum Gasteiger partial charge on any atom is -0.489 e. The normalized spacial score (nSPS) is 13.3. The first kappa shape index (κ1) is 22.4. The number of benzene rings is 2. The highest BCUT2D eigenvalue weighted by atomic mass is 16.5. The first-order valence-corrected chi connectivity index (χ1v) is 12.4. The van der Waals surface area contributed by atoms with E-state index >= 15 is 0 Å². The molecule has 1 fully saturated rings. The van der Waals surface area contributed by atoms with Crippen molar-refractivity contribution in [2.75, 3.05) is 5.32 Å². The molecule has 2 aromatic carbocycles. The lowest BCUT2D eigenvalue weighted by Gasteiger charge is -2.15. The lowest BCUT2D eigenvalue weighted by molar-refractivity contribution is 0.306. The van der Waals surface area contributed by atoms with Crippen LogP contribution in [0.15, 0.2) is 67.1 Å². The van der Waals surface area contributed by atoms with Crippen molar-refractivity contribution in [2.24, 2.45) is 5.73 Å². The van der Waals surface area contributed by atoms with Crippen LogP contribution < -0.4 is 15.8 Å². The highest BCUT2D eigenvalue weighted by Crippen LogP contribution is 2.40. The van der Waals surface area contributed by atoms with Gasteiger partial charge >= 0.3 is 0 Å². The molecule has 3 aromatic heterocycles. The summed E-state index contributed by atoms with van der Waals surface area (Å²) in [5.74, 6) is 2.88. The third-order valence-corrected chi connectivity index (χ3v) is 7.09. The van der Waals surface area contributed by atoms with E-state index in [0.717, 1.165) is 33.4 Å². The first-order valence-electron chi connectivity index (χ1n) is 12.4. The van der Waals surface area contributed by atoms with Gasteiger partial charge in [-0.2, -0.15) is 0 Å². The molecule has 0 bridgehead atoms. The van der Waals surface area contributed by atoms with Gasteiger partial charge in [-0.3, -0.25) is 4.98 Å². The van der Waals surface area contributed by atoms with Crippen LogP contribution in [0.4, 0.5) is 11.6 Å². The molecule has 0 amide bonds. The van der Waals surface area contributed by atoms with Crippen molar-refractivity contribution in [1.82, 2.24) is 15.0 Å². The number of hydrogen-bond acceptors (Lipinski definition) is 6. The molecule has 6 rings (SSSR count). The molecular weight excluding hydrogens is 446 g/mol. The Labute approximate surface area is 210 Å². The highest BCUT2D eigenvalue weighted by Gasteiger charge is 2.23. The summed E-state index contributed by atoms with van der Waals surface area (Å²) in [7, 11) is 0. The maximum Gasteiger partial charge on any atom is 0.139 e. The summed E-state index contributed by atoms with van der Waals surface area (Å²) < 4.78 is 6.13. The van der Waals surface area contributed by atoms with Gasteiger partial charge in [-0.05, 0) is 102 Å². The maximum atomic E-state index is 6.13. The van der Waals surface area contributed by atoms with Crippen LogP contribution in [0.25, 0.3) is 21.7 Å². The Morgan fingerprint density at radius 3 is 2.64 bits per heavy atom. The number of ether oxygens (including phenoxy) is 1. The van der Waals surface area contributed by atoms with Gasteiger partial charge in [0.15, 0.2) is 0 Å². The number of pyridine rings is 3. The molecule has 6 heteroatoms. The van der Waals surface area contributed by atoms with Crippen LogP contribution in [0.2, 0.25) is 0 Å². The average Bonchev–Trinajstić information content (AvgIpc) is 3.74. The van der Waals surface area contributed by atoms with E-state index in [4.69, 9.17) is 10.5 Å². The van der Waals surface area contributed by atoms with Crippen molar-refractivity contribution in [2.45, 2.75) is 45.8 Å². The zero-order chi connectivity index (χ0) is 24.6. The molecule has 0 radical (unpaired) electrons. The van der Waals surface area contributed by atoms with Crippen LogP contribution >= 0.6 is 0 Å². The Bertz CT molecular complexity index is 1590. The number of nitrogens with one attached hydrogen (secondary N) is 1. The molecule has 5 aromatic rings. The van der Waals surface area contributed by atoms with Crippen molar-refractivity contribution >= 4 is 33.3 Å². The van der Waals surface area contributed by atoms with Gasteiger partial charge in [0.25, 0.3) is 0 Å². The van der Waals surface area contributed by atoms with Gasteiger partial charge < -0.3 is 15.8 Å². The quantitative estimate of drug-likeness (QED) is 0.281.